The fourth-order valence-corrected chi connectivity index (χ4v) is 5.90. The minimum atomic E-state index is -3.55. The number of ether oxygens (including phenoxy) is 1. The van der Waals surface area contributed by atoms with Crippen LogP contribution in [0.1, 0.15) is 18.7 Å². The fraction of sp³-hybridized carbons (Fsp3) is 0.250. The van der Waals surface area contributed by atoms with Crippen LogP contribution in [-0.4, -0.2) is 43.9 Å². The van der Waals surface area contributed by atoms with Crippen LogP contribution in [0.25, 0.3) is 33.3 Å². The number of hydrogen-bond donors (Lipinski definition) is 2. The van der Waals surface area contributed by atoms with Gasteiger partial charge in [0.25, 0.3) is 0 Å². The third-order valence-electron chi connectivity index (χ3n) is 6.31. The minimum absolute atomic E-state index is 0.0454. The maximum Gasteiger partial charge on any atom is 0.209 e. The van der Waals surface area contributed by atoms with Crippen molar-refractivity contribution >= 4 is 43.7 Å². The number of nitrogens with zero attached hydrogens (tertiary/aromatic N) is 5. The van der Waals surface area contributed by atoms with Gasteiger partial charge in [0.15, 0.2) is 0 Å². The molecule has 1 saturated carbocycles. The predicted molar refractivity (Wildman–Crippen MR) is 136 cm³/mol. The SMILES string of the molecule is Cc1nc2ccc(Oc3ccc4ncc(-c5cnn(CC6(CS(N)(=O)=O)CC6)c5)nc4c3Cl)cc2[nH]1. The van der Waals surface area contributed by atoms with Crippen molar-refractivity contribution in [2.75, 3.05) is 5.75 Å². The Morgan fingerprint density at radius 1 is 1.17 bits per heavy atom. The highest BCUT2D eigenvalue weighted by molar-refractivity contribution is 7.89. The molecular weight excluding hydrogens is 502 g/mol. The van der Waals surface area contributed by atoms with E-state index in [1.165, 1.54) is 0 Å². The molecule has 1 aliphatic carbocycles. The van der Waals surface area contributed by atoms with E-state index in [1.54, 1.807) is 29.2 Å². The number of primary sulfonamides is 1. The summed E-state index contributed by atoms with van der Waals surface area (Å²) in [5.74, 6) is 1.86. The Balaban J connectivity index is 1.27. The molecule has 0 spiro atoms. The Bertz CT molecular complexity index is 1740. The molecule has 6 rings (SSSR count). The molecule has 3 N–H and O–H groups in total. The van der Waals surface area contributed by atoms with Gasteiger partial charge >= 0.3 is 0 Å². The molecule has 5 aromatic rings. The summed E-state index contributed by atoms with van der Waals surface area (Å²) in [5, 5.41) is 10.0. The molecule has 12 heteroatoms. The van der Waals surface area contributed by atoms with Crippen molar-refractivity contribution in [1.29, 1.82) is 0 Å². The summed E-state index contributed by atoms with van der Waals surface area (Å²) in [5.41, 5.74) is 3.87. The van der Waals surface area contributed by atoms with E-state index in [9.17, 15) is 8.42 Å². The van der Waals surface area contributed by atoms with Crippen LogP contribution < -0.4 is 9.88 Å². The number of sulfonamides is 1. The number of aryl methyl sites for hydroxylation is 1. The maximum absolute atomic E-state index is 11.6. The van der Waals surface area contributed by atoms with Crippen LogP contribution in [0.15, 0.2) is 48.9 Å². The molecule has 0 aliphatic heterocycles. The average Bonchev–Trinajstić information content (AvgIpc) is 3.21. The van der Waals surface area contributed by atoms with E-state index < -0.39 is 10.0 Å². The number of hydrogen-bond acceptors (Lipinski definition) is 7. The van der Waals surface area contributed by atoms with Crippen LogP contribution >= 0.6 is 11.6 Å². The molecule has 0 amide bonds. The first-order chi connectivity index (χ1) is 17.2. The van der Waals surface area contributed by atoms with Gasteiger partial charge in [0, 0.05) is 29.8 Å². The highest BCUT2D eigenvalue weighted by atomic mass is 35.5. The first-order valence-corrected chi connectivity index (χ1v) is 13.4. The van der Waals surface area contributed by atoms with Crippen LogP contribution in [0.2, 0.25) is 5.02 Å². The first-order valence-electron chi connectivity index (χ1n) is 11.3. The van der Waals surface area contributed by atoms with Gasteiger partial charge in [0.05, 0.1) is 40.4 Å². The standard InChI is InChI=1S/C24H22ClN7O3S/c1-14-29-17-3-2-16(8-19(17)30-14)35-21-5-4-18-23(22(21)25)31-20(10-27-18)15-9-28-32(11-15)12-24(6-7-24)13-36(26,33)34/h2-5,8-11H,6-7,12-13H2,1H3,(H,29,30)(H2,26,33,34). The largest absolute Gasteiger partial charge is 0.456 e. The lowest BCUT2D eigenvalue weighted by Gasteiger charge is -2.13. The van der Waals surface area contributed by atoms with Gasteiger partial charge in [-0.15, -0.1) is 0 Å². The lowest BCUT2D eigenvalue weighted by atomic mass is 10.1. The first kappa shape index (κ1) is 22.9. The van der Waals surface area contributed by atoms with Gasteiger partial charge < -0.3 is 9.72 Å². The zero-order chi connectivity index (χ0) is 25.1. The zero-order valence-electron chi connectivity index (χ0n) is 19.3. The smallest absolute Gasteiger partial charge is 0.209 e. The summed E-state index contributed by atoms with van der Waals surface area (Å²) >= 11 is 6.70. The second kappa shape index (κ2) is 8.26. The van der Waals surface area contributed by atoms with Gasteiger partial charge in [-0.25, -0.2) is 23.5 Å². The Labute approximate surface area is 211 Å². The van der Waals surface area contributed by atoms with E-state index in [0.717, 1.165) is 35.3 Å². The Kier molecular flexibility index (Phi) is 5.25. The Morgan fingerprint density at radius 3 is 2.75 bits per heavy atom. The van der Waals surface area contributed by atoms with Gasteiger partial charge in [-0.2, -0.15) is 5.10 Å². The van der Waals surface area contributed by atoms with Crippen molar-refractivity contribution in [3.05, 3.63) is 59.8 Å². The summed E-state index contributed by atoms with van der Waals surface area (Å²) in [7, 11) is -3.55. The molecule has 2 aromatic carbocycles. The number of halogens is 1. The molecule has 3 heterocycles. The van der Waals surface area contributed by atoms with Crippen LogP contribution in [0.4, 0.5) is 0 Å². The number of aromatic nitrogens is 6. The molecule has 10 nitrogen and oxygen atoms in total. The normalized spacial score (nSPS) is 15.0. The number of nitrogens with two attached hydrogens (primary N) is 1. The van der Waals surface area contributed by atoms with Crippen molar-refractivity contribution in [2.24, 2.45) is 10.6 Å². The van der Waals surface area contributed by atoms with Crippen molar-refractivity contribution in [1.82, 2.24) is 29.7 Å². The van der Waals surface area contributed by atoms with E-state index in [1.807, 2.05) is 31.3 Å². The lowest BCUT2D eigenvalue weighted by molar-refractivity contribution is 0.430. The summed E-state index contributed by atoms with van der Waals surface area (Å²) in [4.78, 5) is 16.8. The minimum Gasteiger partial charge on any atom is -0.456 e. The fourth-order valence-electron chi connectivity index (χ4n) is 4.43. The lowest BCUT2D eigenvalue weighted by Crippen LogP contribution is -2.27. The number of aromatic amines is 1. The third-order valence-corrected chi connectivity index (χ3v) is 7.69. The number of fused-ring (bicyclic) bond motifs is 2. The molecule has 0 bridgehead atoms. The quantitative estimate of drug-likeness (QED) is 0.325. The van der Waals surface area contributed by atoms with Crippen molar-refractivity contribution < 1.29 is 13.2 Å². The van der Waals surface area contributed by atoms with Crippen molar-refractivity contribution in [3.63, 3.8) is 0 Å². The molecular formula is C24H22ClN7O3S. The molecule has 184 valence electrons. The highest BCUT2D eigenvalue weighted by Crippen LogP contribution is 2.48. The number of benzene rings is 2. The summed E-state index contributed by atoms with van der Waals surface area (Å²) in [6.07, 6.45) is 6.78. The van der Waals surface area contributed by atoms with E-state index in [0.29, 0.717) is 39.8 Å². The molecule has 36 heavy (non-hydrogen) atoms. The zero-order valence-corrected chi connectivity index (χ0v) is 20.8. The monoisotopic (exact) mass is 523 g/mol. The van der Waals surface area contributed by atoms with Crippen LogP contribution in [0.5, 0.6) is 11.5 Å². The molecule has 0 atom stereocenters. The van der Waals surface area contributed by atoms with Crippen molar-refractivity contribution in [2.45, 2.75) is 26.3 Å². The number of H-pyrrole nitrogens is 1. The van der Waals surface area contributed by atoms with Gasteiger partial charge in [0.1, 0.15) is 27.9 Å². The van der Waals surface area contributed by atoms with E-state index in [2.05, 4.69) is 20.1 Å². The second-order valence-electron chi connectivity index (χ2n) is 9.34. The molecule has 3 aromatic heterocycles. The second-order valence-corrected chi connectivity index (χ2v) is 11.3. The molecule has 0 unspecified atom stereocenters. The van der Waals surface area contributed by atoms with E-state index in [-0.39, 0.29) is 11.2 Å². The summed E-state index contributed by atoms with van der Waals surface area (Å²) in [6, 6.07) is 9.16. The molecule has 0 radical (unpaired) electrons. The summed E-state index contributed by atoms with van der Waals surface area (Å²) < 4.78 is 30.9. The van der Waals surface area contributed by atoms with Crippen molar-refractivity contribution in [3.8, 4) is 22.8 Å². The van der Waals surface area contributed by atoms with Crippen LogP contribution in [0.3, 0.4) is 0 Å². The third kappa shape index (κ3) is 4.52. The molecule has 0 saturated heterocycles. The number of nitrogens with one attached hydrogen (secondary N) is 1. The Morgan fingerprint density at radius 2 is 1.97 bits per heavy atom. The molecule has 1 aliphatic rings. The topological polar surface area (TPSA) is 142 Å². The Hall–Kier alpha value is -3.54. The average molecular weight is 524 g/mol. The van der Waals surface area contributed by atoms with Crippen LogP contribution in [-0.2, 0) is 16.6 Å². The van der Waals surface area contributed by atoms with Gasteiger partial charge in [-0.1, -0.05) is 11.6 Å². The highest BCUT2D eigenvalue weighted by Gasteiger charge is 2.46. The van der Waals surface area contributed by atoms with Gasteiger partial charge in [-0.3, -0.25) is 9.67 Å². The van der Waals surface area contributed by atoms with E-state index in [4.69, 9.17) is 26.5 Å². The van der Waals surface area contributed by atoms with Crippen LogP contribution in [0, 0.1) is 12.3 Å². The summed E-state index contributed by atoms with van der Waals surface area (Å²) in [6.45, 7) is 2.37. The predicted octanol–water partition coefficient (Wildman–Crippen LogP) is 4.19. The maximum atomic E-state index is 11.6. The van der Waals surface area contributed by atoms with Gasteiger partial charge in [0.2, 0.25) is 10.0 Å². The molecule has 1 fully saturated rings. The van der Waals surface area contributed by atoms with Gasteiger partial charge in [-0.05, 0) is 44.0 Å². The number of rotatable bonds is 7. The number of imidazole rings is 1. The van der Waals surface area contributed by atoms with E-state index >= 15 is 0 Å².